The molecule has 2 atom stereocenters. The summed E-state index contributed by atoms with van der Waals surface area (Å²) in [7, 11) is 0. The molecule has 0 amide bonds. The average Bonchev–Trinajstić information content (AvgIpc) is 2.75. The fourth-order valence-corrected chi connectivity index (χ4v) is 3.09. The fraction of sp³-hybridized carbons (Fsp3) is 0.217. The van der Waals surface area contributed by atoms with Gasteiger partial charge in [-0.05, 0) is 54.1 Å². The highest BCUT2D eigenvalue weighted by Gasteiger charge is 2.38. The zero-order valence-corrected chi connectivity index (χ0v) is 17.1. The van der Waals surface area contributed by atoms with E-state index in [4.69, 9.17) is 4.74 Å². The molecule has 2 unspecified atom stereocenters. The maximum atomic E-state index is 14.7. The molecule has 0 spiro atoms. The SMILES string of the molecule is OC(CNC(c1cccc(Oc2ccc(F)cc2)c1)c1ccc(C(F)(F)F)cc1F)C(F)(F)F. The summed E-state index contributed by atoms with van der Waals surface area (Å²) in [4.78, 5) is 0. The Morgan fingerprint density at radius 1 is 0.824 bits per heavy atom. The van der Waals surface area contributed by atoms with Gasteiger partial charge in [0.15, 0.2) is 6.10 Å². The third-order valence-corrected chi connectivity index (χ3v) is 4.77. The minimum atomic E-state index is -4.97. The van der Waals surface area contributed by atoms with Gasteiger partial charge in [0.1, 0.15) is 23.1 Å². The van der Waals surface area contributed by atoms with Crippen LogP contribution in [0.1, 0.15) is 22.7 Å². The topological polar surface area (TPSA) is 41.5 Å². The Morgan fingerprint density at radius 3 is 2.09 bits per heavy atom. The molecular weight excluding hydrogens is 474 g/mol. The van der Waals surface area contributed by atoms with Gasteiger partial charge in [-0.1, -0.05) is 18.2 Å². The summed E-state index contributed by atoms with van der Waals surface area (Å²) in [5, 5.41) is 11.7. The lowest BCUT2D eigenvalue weighted by Gasteiger charge is -2.24. The van der Waals surface area contributed by atoms with E-state index >= 15 is 0 Å². The summed E-state index contributed by atoms with van der Waals surface area (Å²) in [6.45, 7) is -1.06. The van der Waals surface area contributed by atoms with Crippen LogP contribution in [0, 0.1) is 11.6 Å². The van der Waals surface area contributed by atoms with Gasteiger partial charge < -0.3 is 15.2 Å². The highest BCUT2D eigenvalue weighted by Crippen LogP contribution is 2.34. The number of aliphatic hydroxyl groups is 1. The first kappa shape index (κ1) is 25.4. The molecule has 0 aliphatic carbocycles. The minimum absolute atomic E-state index is 0.146. The number of alkyl halides is 6. The number of benzene rings is 3. The van der Waals surface area contributed by atoms with Gasteiger partial charge in [0.2, 0.25) is 0 Å². The minimum Gasteiger partial charge on any atom is -0.457 e. The van der Waals surface area contributed by atoms with Crippen molar-refractivity contribution in [2.24, 2.45) is 0 Å². The molecule has 0 aliphatic rings. The molecule has 0 bridgehead atoms. The Hall–Kier alpha value is -3.18. The van der Waals surface area contributed by atoms with Crippen LogP contribution >= 0.6 is 0 Å². The average molecular weight is 491 g/mol. The van der Waals surface area contributed by atoms with Crippen LogP contribution < -0.4 is 10.1 Å². The second-order valence-corrected chi connectivity index (χ2v) is 7.26. The molecule has 0 saturated carbocycles. The Balaban J connectivity index is 1.96. The summed E-state index contributed by atoms with van der Waals surface area (Å²) < 4.78 is 110. The van der Waals surface area contributed by atoms with E-state index in [9.17, 15) is 40.2 Å². The molecule has 0 fully saturated rings. The van der Waals surface area contributed by atoms with E-state index in [1.807, 2.05) is 0 Å². The summed E-state index contributed by atoms with van der Waals surface area (Å²) in [6, 6.07) is 10.8. The van der Waals surface area contributed by atoms with Crippen molar-refractivity contribution in [1.82, 2.24) is 5.32 Å². The fourth-order valence-electron chi connectivity index (χ4n) is 3.09. The lowest BCUT2D eigenvalue weighted by molar-refractivity contribution is -0.202. The number of halogens is 8. The zero-order chi connectivity index (χ0) is 25.1. The molecule has 0 aliphatic heterocycles. The molecule has 0 aromatic heterocycles. The van der Waals surface area contributed by atoms with Crippen LogP contribution in [0.5, 0.6) is 11.5 Å². The van der Waals surface area contributed by atoms with Gasteiger partial charge in [-0.2, -0.15) is 26.3 Å². The normalized spacial score (nSPS) is 14.0. The van der Waals surface area contributed by atoms with Crippen molar-refractivity contribution in [1.29, 1.82) is 0 Å². The van der Waals surface area contributed by atoms with E-state index < -0.39 is 48.2 Å². The largest absolute Gasteiger partial charge is 0.457 e. The van der Waals surface area contributed by atoms with Crippen molar-refractivity contribution in [3.05, 3.63) is 95.1 Å². The van der Waals surface area contributed by atoms with Crippen molar-refractivity contribution in [2.75, 3.05) is 6.54 Å². The van der Waals surface area contributed by atoms with Crippen LogP contribution in [-0.4, -0.2) is 23.9 Å². The molecule has 11 heteroatoms. The molecule has 3 rings (SSSR count). The number of aliphatic hydroxyl groups excluding tert-OH is 1. The van der Waals surface area contributed by atoms with Gasteiger partial charge in [0, 0.05) is 12.1 Å². The molecule has 3 aromatic rings. The lowest BCUT2D eigenvalue weighted by Crippen LogP contribution is -2.40. The number of hydrogen-bond acceptors (Lipinski definition) is 3. The second kappa shape index (κ2) is 9.98. The Labute approximate surface area is 188 Å². The first-order valence-corrected chi connectivity index (χ1v) is 9.73. The molecule has 3 aromatic carbocycles. The van der Waals surface area contributed by atoms with E-state index in [-0.39, 0.29) is 28.7 Å². The van der Waals surface area contributed by atoms with Gasteiger partial charge in [-0.25, -0.2) is 8.78 Å². The summed E-state index contributed by atoms with van der Waals surface area (Å²) in [5.74, 6) is -1.43. The Kier molecular flexibility index (Phi) is 7.47. The van der Waals surface area contributed by atoms with Gasteiger partial charge >= 0.3 is 12.4 Å². The lowest BCUT2D eigenvalue weighted by atomic mass is 9.96. The van der Waals surface area contributed by atoms with E-state index in [2.05, 4.69) is 5.32 Å². The van der Waals surface area contributed by atoms with E-state index in [0.29, 0.717) is 6.07 Å². The van der Waals surface area contributed by atoms with Crippen LogP contribution in [0.2, 0.25) is 0 Å². The van der Waals surface area contributed by atoms with Crippen molar-refractivity contribution in [3.63, 3.8) is 0 Å². The van der Waals surface area contributed by atoms with Gasteiger partial charge in [0.25, 0.3) is 0 Å². The molecule has 0 heterocycles. The van der Waals surface area contributed by atoms with Crippen molar-refractivity contribution in [3.8, 4) is 11.5 Å². The van der Waals surface area contributed by atoms with E-state index in [0.717, 1.165) is 18.2 Å². The molecule has 2 N–H and O–H groups in total. The van der Waals surface area contributed by atoms with E-state index in [1.165, 1.54) is 36.4 Å². The summed E-state index contributed by atoms with van der Waals surface area (Å²) in [5.41, 5.74) is -1.50. The van der Waals surface area contributed by atoms with Crippen LogP contribution in [0.4, 0.5) is 35.1 Å². The quantitative estimate of drug-likeness (QED) is 0.377. The monoisotopic (exact) mass is 491 g/mol. The van der Waals surface area contributed by atoms with Crippen molar-refractivity contribution >= 4 is 0 Å². The number of rotatable bonds is 7. The Bertz CT molecular complexity index is 1110. The van der Waals surface area contributed by atoms with Crippen molar-refractivity contribution in [2.45, 2.75) is 24.5 Å². The number of ether oxygens (including phenoxy) is 1. The van der Waals surface area contributed by atoms with Crippen LogP contribution in [0.25, 0.3) is 0 Å². The standard InChI is InChI=1S/C23H17F8NO2/c24-15-5-7-16(8-6-15)34-17-3-1-2-13(10-17)21(32-12-20(33)23(29,30)31)18-9-4-14(11-19(18)25)22(26,27)28/h1-11,20-21,32-33H,12H2. The Morgan fingerprint density at radius 2 is 1.50 bits per heavy atom. The second-order valence-electron chi connectivity index (χ2n) is 7.26. The highest BCUT2D eigenvalue weighted by molar-refractivity contribution is 5.40. The number of nitrogens with one attached hydrogen (secondary N) is 1. The molecule has 0 radical (unpaired) electrons. The molecule has 182 valence electrons. The van der Waals surface area contributed by atoms with Gasteiger partial charge in [0.05, 0.1) is 11.6 Å². The maximum Gasteiger partial charge on any atom is 0.416 e. The maximum absolute atomic E-state index is 14.7. The van der Waals surface area contributed by atoms with Gasteiger partial charge in [-0.3, -0.25) is 0 Å². The van der Waals surface area contributed by atoms with Crippen LogP contribution in [-0.2, 0) is 6.18 Å². The molecule has 3 nitrogen and oxygen atoms in total. The highest BCUT2D eigenvalue weighted by atomic mass is 19.4. The number of hydrogen-bond donors (Lipinski definition) is 2. The summed E-state index contributed by atoms with van der Waals surface area (Å²) >= 11 is 0. The first-order chi connectivity index (χ1) is 15.8. The zero-order valence-electron chi connectivity index (χ0n) is 17.1. The van der Waals surface area contributed by atoms with Crippen molar-refractivity contribution < 1.29 is 45.0 Å². The summed E-state index contributed by atoms with van der Waals surface area (Å²) in [6.07, 6.45) is -12.6. The molecular formula is C23H17F8NO2. The first-order valence-electron chi connectivity index (χ1n) is 9.73. The molecule has 34 heavy (non-hydrogen) atoms. The van der Waals surface area contributed by atoms with Gasteiger partial charge in [-0.15, -0.1) is 0 Å². The van der Waals surface area contributed by atoms with Crippen LogP contribution in [0.3, 0.4) is 0 Å². The third kappa shape index (κ3) is 6.45. The predicted octanol–water partition coefficient (Wildman–Crippen LogP) is 6.38. The smallest absolute Gasteiger partial charge is 0.416 e. The van der Waals surface area contributed by atoms with E-state index in [1.54, 1.807) is 0 Å². The third-order valence-electron chi connectivity index (χ3n) is 4.77. The van der Waals surface area contributed by atoms with Crippen LogP contribution in [0.15, 0.2) is 66.7 Å². The predicted molar refractivity (Wildman–Crippen MR) is 106 cm³/mol. The molecule has 0 saturated heterocycles.